The Hall–Kier alpha value is -2.87. The maximum atomic E-state index is 11.3. The first-order valence-corrected chi connectivity index (χ1v) is 12.8. The average Bonchev–Trinajstić information content (AvgIpc) is 3.45. The van der Waals surface area contributed by atoms with Crippen LogP contribution in [0, 0.1) is 6.92 Å². The van der Waals surface area contributed by atoms with Crippen LogP contribution >= 0.6 is 0 Å². The number of aromatic hydroxyl groups is 1. The SMILES string of the molecule is Cc1cc(OC[C]2=NO[C](=O)[Na]2)c2c(c1Cc1ccc(O)c(-c3ccccc3)n1)CCO2. The van der Waals surface area contributed by atoms with Gasteiger partial charge in [0.05, 0.1) is 0 Å². The van der Waals surface area contributed by atoms with Crippen LogP contribution in [0.1, 0.15) is 22.4 Å². The molecule has 2 aromatic carbocycles. The van der Waals surface area contributed by atoms with Crippen LogP contribution in [0.25, 0.3) is 11.3 Å². The zero-order valence-corrected chi connectivity index (χ0v) is 19.9. The number of pyridine rings is 1. The average molecular weight is 439 g/mol. The normalized spacial score (nSPS) is 14.5. The van der Waals surface area contributed by atoms with Gasteiger partial charge in [-0.15, -0.1) is 0 Å². The van der Waals surface area contributed by atoms with E-state index in [1.165, 1.54) is 0 Å². The van der Waals surface area contributed by atoms with Gasteiger partial charge in [-0.05, 0) is 0 Å². The summed E-state index contributed by atoms with van der Waals surface area (Å²) in [6, 6.07) is 15.2. The third kappa shape index (κ3) is 4.24. The first-order chi connectivity index (χ1) is 15.6. The fraction of sp³-hybridized carbons (Fsp3) is 0.208. The summed E-state index contributed by atoms with van der Waals surface area (Å²) in [7, 11) is 0. The molecular formula is C24H20N2NaO5. The zero-order valence-electron chi connectivity index (χ0n) is 17.9. The molecule has 0 saturated heterocycles. The number of ether oxygens (including phenoxy) is 2. The number of fused-ring (bicyclic) bond motifs is 1. The van der Waals surface area contributed by atoms with Gasteiger partial charge in [-0.2, -0.15) is 0 Å². The van der Waals surface area contributed by atoms with Gasteiger partial charge < -0.3 is 5.11 Å². The first-order valence-electron chi connectivity index (χ1n) is 10.8. The Labute approximate surface area is 198 Å². The summed E-state index contributed by atoms with van der Waals surface area (Å²) in [5, 5.41) is 14.2. The predicted octanol–water partition coefficient (Wildman–Crippen LogP) is 3.84. The maximum absolute atomic E-state index is 11.3. The number of aryl methyl sites for hydroxylation is 1. The van der Waals surface area contributed by atoms with Crippen LogP contribution in [0.4, 0.5) is 4.79 Å². The van der Waals surface area contributed by atoms with Gasteiger partial charge in [0, 0.05) is 0 Å². The van der Waals surface area contributed by atoms with E-state index in [2.05, 4.69) is 12.1 Å². The molecule has 0 unspecified atom stereocenters. The van der Waals surface area contributed by atoms with Crippen LogP contribution < -0.4 is 9.47 Å². The Morgan fingerprint density at radius 3 is 2.81 bits per heavy atom. The van der Waals surface area contributed by atoms with Crippen molar-refractivity contribution in [1.29, 1.82) is 0 Å². The second-order valence-electron chi connectivity index (χ2n) is 8.24. The second kappa shape index (κ2) is 8.94. The summed E-state index contributed by atoms with van der Waals surface area (Å²) >= 11 is -1.65. The Balaban J connectivity index is 1.43. The van der Waals surface area contributed by atoms with Crippen LogP contribution in [-0.2, 0) is 17.7 Å². The van der Waals surface area contributed by atoms with Crippen molar-refractivity contribution in [3.8, 4) is 28.5 Å². The topological polar surface area (TPSA) is 90.2 Å². The second-order valence-corrected chi connectivity index (χ2v) is 10.7. The molecule has 0 amide bonds. The fourth-order valence-electron chi connectivity index (χ4n) is 4.23. The molecule has 2 aliphatic rings. The first kappa shape index (κ1) is 21.0. The third-order valence-corrected chi connectivity index (χ3v) is 7.52. The van der Waals surface area contributed by atoms with Crippen LogP contribution in [0.5, 0.6) is 17.2 Å². The molecule has 3 aromatic rings. The van der Waals surface area contributed by atoms with E-state index in [0.717, 1.165) is 43.1 Å². The molecule has 32 heavy (non-hydrogen) atoms. The summed E-state index contributed by atoms with van der Waals surface area (Å²) in [6.07, 6.45) is 1.43. The molecular weight excluding hydrogens is 419 g/mol. The van der Waals surface area contributed by atoms with Crippen molar-refractivity contribution in [3.05, 3.63) is 70.9 Å². The summed E-state index contributed by atoms with van der Waals surface area (Å²) in [4.78, 5) is 20.8. The van der Waals surface area contributed by atoms with Gasteiger partial charge in [0.1, 0.15) is 0 Å². The Morgan fingerprint density at radius 2 is 2.03 bits per heavy atom. The number of oxime groups is 1. The van der Waals surface area contributed by atoms with Crippen molar-refractivity contribution in [3.63, 3.8) is 0 Å². The third-order valence-electron chi connectivity index (χ3n) is 5.88. The van der Waals surface area contributed by atoms with Gasteiger partial charge >= 0.3 is 164 Å². The monoisotopic (exact) mass is 439 g/mol. The fourth-order valence-corrected chi connectivity index (χ4v) is 5.36. The number of carbonyl (C=O) groups excluding carboxylic acids is 1. The van der Waals surface area contributed by atoms with E-state index < -0.39 is 26.3 Å². The molecule has 3 heterocycles. The number of carbonyl (C=O) groups is 1. The summed E-state index contributed by atoms with van der Waals surface area (Å²) < 4.78 is 12.5. The Morgan fingerprint density at radius 1 is 1.19 bits per heavy atom. The minimum atomic E-state index is -1.65. The summed E-state index contributed by atoms with van der Waals surface area (Å²) in [5.74, 6) is 1.59. The van der Waals surface area contributed by atoms with E-state index in [0.29, 0.717) is 24.5 Å². The molecule has 2 aliphatic heterocycles. The molecule has 1 aromatic heterocycles. The van der Waals surface area contributed by atoms with Crippen molar-refractivity contribution in [2.24, 2.45) is 5.16 Å². The Kier molecular flexibility index (Phi) is 5.87. The number of hydrogen-bond acceptors (Lipinski definition) is 7. The molecule has 0 aliphatic carbocycles. The molecule has 7 nitrogen and oxygen atoms in total. The number of rotatable bonds is 6. The molecule has 0 atom stereocenters. The van der Waals surface area contributed by atoms with E-state index in [9.17, 15) is 9.90 Å². The summed E-state index contributed by atoms with van der Waals surface area (Å²) in [6.45, 7) is 2.92. The molecule has 0 spiro atoms. The molecule has 5 rings (SSSR count). The molecule has 0 saturated carbocycles. The van der Waals surface area contributed by atoms with Gasteiger partial charge in [-0.3, -0.25) is 0 Å². The predicted molar refractivity (Wildman–Crippen MR) is 120 cm³/mol. The molecule has 5 radical (unpaired) electrons. The van der Waals surface area contributed by atoms with Crippen LogP contribution in [0.15, 0.2) is 53.7 Å². The van der Waals surface area contributed by atoms with Crippen LogP contribution in [-0.4, -0.2) is 55.8 Å². The van der Waals surface area contributed by atoms with E-state index in [4.69, 9.17) is 19.3 Å². The summed E-state index contributed by atoms with van der Waals surface area (Å²) in [5.41, 5.74) is 5.70. The van der Waals surface area contributed by atoms with Gasteiger partial charge in [0.2, 0.25) is 0 Å². The van der Waals surface area contributed by atoms with Crippen molar-refractivity contribution >= 4 is 32.5 Å². The van der Waals surface area contributed by atoms with Gasteiger partial charge in [0.15, 0.2) is 0 Å². The van der Waals surface area contributed by atoms with Crippen molar-refractivity contribution in [2.45, 2.75) is 19.8 Å². The van der Waals surface area contributed by atoms with Gasteiger partial charge in [-0.1, -0.05) is 30.3 Å². The van der Waals surface area contributed by atoms with Gasteiger partial charge in [0.25, 0.3) is 0 Å². The van der Waals surface area contributed by atoms with E-state index in [1.54, 1.807) is 6.07 Å². The van der Waals surface area contributed by atoms with E-state index in [-0.39, 0.29) is 15.6 Å². The van der Waals surface area contributed by atoms with Crippen molar-refractivity contribution in [1.82, 2.24) is 4.98 Å². The zero-order chi connectivity index (χ0) is 22.1. The molecule has 8 heteroatoms. The van der Waals surface area contributed by atoms with Crippen molar-refractivity contribution in [2.75, 3.05) is 13.2 Å². The number of nitrogens with zero attached hydrogens (tertiary/aromatic N) is 2. The number of hydrogen-bond donors (Lipinski definition) is 1. The number of aromatic nitrogens is 1. The molecule has 1 N–H and O–H groups in total. The molecule has 157 valence electrons. The Bertz CT molecular complexity index is 1230. The minimum absolute atomic E-state index is 0.163. The molecule has 0 bridgehead atoms. The van der Waals surface area contributed by atoms with Crippen molar-refractivity contribution < 1.29 is 24.2 Å². The van der Waals surface area contributed by atoms with Gasteiger partial charge in [-0.25, -0.2) is 0 Å². The van der Waals surface area contributed by atoms with E-state index in [1.807, 2.05) is 42.5 Å². The van der Waals surface area contributed by atoms with Crippen LogP contribution in [0.2, 0.25) is 0 Å². The molecule has 0 fully saturated rings. The standard InChI is InChI=1S/C24H20N2O5.Na/c1-16-13-22(29-12-10-25-31-15-27)24-19(9-11-30-24)20(16)14-18-7-8-21(28)23(26-18)17-5-3-2-4-6-17;/h2-8,13,28H,9,11-12,14H2,1H3;. The number of benzene rings is 2. The van der Waals surface area contributed by atoms with Crippen LogP contribution in [0.3, 0.4) is 0 Å². The van der Waals surface area contributed by atoms with E-state index >= 15 is 0 Å². The quantitative estimate of drug-likeness (QED) is 0.464.